The Balaban J connectivity index is 0.918. The van der Waals surface area contributed by atoms with Crippen molar-refractivity contribution in [2.75, 3.05) is 42.9 Å². The Labute approximate surface area is 298 Å². The highest BCUT2D eigenvalue weighted by atomic mass is 16.6. The van der Waals surface area contributed by atoms with E-state index in [1.54, 1.807) is 17.7 Å². The monoisotopic (exact) mass is 693 g/mol. The van der Waals surface area contributed by atoms with Crippen LogP contribution in [0.3, 0.4) is 0 Å². The molecule has 51 heavy (non-hydrogen) atoms. The number of nitrogens with one attached hydrogen (secondary N) is 1. The number of Topliss-reactive ketones (excluding diaryl/α,β-unsaturated/α-hetero) is 1. The highest BCUT2D eigenvalue weighted by molar-refractivity contribution is 5.99. The van der Waals surface area contributed by atoms with Crippen molar-refractivity contribution in [1.29, 1.82) is 0 Å². The number of hydrogen-bond donors (Lipinski definition) is 1. The van der Waals surface area contributed by atoms with Gasteiger partial charge < -0.3 is 19.7 Å². The number of carbonyl (C=O) groups excluding carboxylic acids is 2. The van der Waals surface area contributed by atoms with Gasteiger partial charge in [-0.2, -0.15) is 4.98 Å². The number of anilines is 3. The van der Waals surface area contributed by atoms with Crippen molar-refractivity contribution < 1.29 is 19.1 Å². The van der Waals surface area contributed by atoms with E-state index in [9.17, 15) is 14.4 Å². The number of rotatable bonds is 7. The molecular weight excluding hydrogens is 646 g/mol. The highest BCUT2D eigenvalue weighted by Crippen LogP contribution is 2.49. The van der Waals surface area contributed by atoms with Gasteiger partial charge >= 0.3 is 5.97 Å². The van der Waals surface area contributed by atoms with E-state index in [1.165, 1.54) is 6.92 Å². The minimum absolute atomic E-state index is 0.0153. The van der Waals surface area contributed by atoms with E-state index in [1.807, 2.05) is 18.3 Å². The van der Waals surface area contributed by atoms with E-state index in [0.717, 1.165) is 83.2 Å². The number of hydrogen-bond acceptors (Lipinski definition) is 11. The van der Waals surface area contributed by atoms with Crippen molar-refractivity contribution >= 4 is 40.2 Å². The first kappa shape index (κ1) is 33.8. The summed E-state index contributed by atoms with van der Waals surface area (Å²) in [5, 5.41) is 3.93. The van der Waals surface area contributed by atoms with Crippen LogP contribution in [0.1, 0.15) is 93.6 Å². The van der Waals surface area contributed by atoms with E-state index in [-0.39, 0.29) is 58.6 Å². The number of aromatic nitrogens is 4. The third-order valence-electron chi connectivity index (χ3n) is 11.9. The van der Waals surface area contributed by atoms with Crippen molar-refractivity contribution in [2.45, 2.75) is 102 Å². The SMILES string of the molecule is CC(=O)c1c(C)c2cnc(Nc3ccc(N4CCN(CC5C(=O)O[C@@H]6[C@H]7O[C@]7(C)CCCCC#CC[C@@H]56)CC4)cn3)nc2n(C2CCCC2)c1=O. The summed E-state index contributed by atoms with van der Waals surface area (Å²) in [6.45, 7) is 9.39. The van der Waals surface area contributed by atoms with E-state index in [0.29, 0.717) is 41.3 Å². The molecule has 12 heteroatoms. The number of fused-ring (bicyclic) bond motifs is 4. The number of esters is 1. The number of nitrogens with zero attached hydrogens (tertiary/aromatic N) is 6. The van der Waals surface area contributed by atoms with E-state index in [4.69, 9.17) is 14.5 Å². The lowest BCUT2D eigenvalue weighted by Crippen LogP contribution is -2.49. The molecule has 0 amide bonds. The van der Waals surface area contributed by atoms with Gasteiger partial charge in [0.15, 0.2) is 5.78 Å². The van der Waals surface area contributed by atoms with Crippen LogP contribution in [0.15, 0.2) is 29.3 Å². The molecule has 12 nitrogen and oxygen atoms in total. The fraction of sp³-hybridized carbons (Fsp3) is 0.590. The van der Waals surface area contributed by atoms with E-state index >= 15 is 0 Å². The molecule has 4 fully saturated rings. The first-order valence-corrected chi connectivity index (χ1v) is 18.7. The van der Waals surface area contributed by atoms with Gasteiger partial charge in [-0.3, -0.25) is 23.9 Å². The normalized spacial score (nSPS) is 28.3. The molecule has 1 unspecified atom stereocenters. The molecule has 268 valence electrons. The Bertz CT molecular complexity index is 1950. The average molecular weight is 694 g/mol. The van der Waals surface area contributed by atoms with Crippen LogP contribution in [0.5, 0.6) is 0 Å². The third kappa shape index (κ3) is 6.51. The lowest BCUT2D eigenvalue weighted by Gasteiger charge is -2.37. The second-order valence-corrected chi connectivity index (χ2v) is 15.2. The Kier molecular flexibility index (Phi) is 9.05. The molecule has 2 aliphatic carbocycles. The molecule has 3 saturated heterocycles. The van der Waals surface area contributed by atoms with Gasteiger partial charge in [0, 0.05) is 69.1 Å². The molecule has 8 rings (SSSR count). The van der Waals surface area contributed by atoms with Crippen molar-refractivity contribution in [3.63, 3.8) is 0 Å². The van der Waals surface area contributed by atoms with Crippen LogP contribution in [0, 0.1) is 30.6 Å². The lowest BCUT2D eigenvalue weighted by atomic mass is 9.83. The number of ether oxygens (including phenoxy) is 2. The summed E-state index contributed by atoms with van der Waals surface area (Å²) in [6, 6.07) is 3.96. The maximum Gasteiger partial charge on any atom is 0.311 e. The van der Waals surface area contributed by atoms with Gasteiger partial charge in [-0.05, 0) is 70.6 Å². The summed E-state index contributed by atoms with van der Waals surface area (Å²) in [7, 11) is 0. The number of piperazine rings is 1. The molecule has 0 spiro atoms. The van der Waals surface area contributed by atoms with Gasteiger partial charge in [0.25, 0.3) is 5.56 Å². The maximum atomic E-state index is 13.6. The Morgan fingerprint density at radius 1 is 1.04 bits per heavy atom. The van der Waals surface area contributed by atoms with Crippen LogP contribution in [0.25, 0.3) is 11.0 Å². The third-order valence-corrected chi connectivity index (χ3v) is 11.9. The summed E-state index contributed by atoms with van der Waals surface area (Å²) in [5.41, 5.74) is 1.95. The van der Waals surface area contributed by atoms with E-state index < -0.39 is 0 Å². The molecule has 3 aliphatic heterocycles. The Hall–Kier alpha value is -4.34. The van der Waals surface area contributed by atoms with E-state index in [2.05, 4.69) is 43.8 Å². The van der Waals surface area contributed by atoms with Crippen LogP contribution >= 0.6 is 0 Å². The molecular formula is C39H47N7O5. The first-order chi connectivity index (χ1) is 24.7. The van der Waals surface area contributed by atoms with Crippen LogP contribution in [0.2, 0.25) is 0 Å². The second kappa shape index (κ2) is 13.7. The standard InChI is InChI=1S/C39H47N7O5/c1-24-29-22-41-38(43-35(29)46(26-11-8-9-12-26)36(48)32(24)25(2)47)42-31-15-14-27(21-40-31)45-19-17-44(18-20-45)23-30-28-13-7-5-4-6-10-16-39(3)34(51-39)33(28)50-37(30)49/h14-15,21-22,26,28,30,33-34H,4,6,8-13,16-20,23H2,1-3H3,(H,40,41,42,43)/t28-,30?,33-,34+,39+/m0/s1. The van der Waals surface area contributed by atoms with Gasteiger partial charge in [-0.1, -0.05) is 12.8 Å². The molecule has 6 heterocycles. The summed E-state index contributed by atoms with van der Waals surface area (Å²) < 4.78 is 13.9. The van der Waals surface area contributed by atoms with Gasteiger partial charge in [-0.25, -0.2) is 9.97 Å². The predicted octanol–water partition coefficient (Wildman–Crippen LogP) is 4.96. The minimum atomic E-state index is -0.269. The zero-order chi connectivity index (χ0) is 35.3. The maximum absolute atomic E-state index is 13.6. The Morgan fingerprint density at radius 3 is 2.59 bits per heavy atom. The first-order valence-electron chi connectivity index (χ1n) is 18.7. The zero-order valence-corrected chi connectivity index (χ0v) is 29.8. The molecule has 0 aromatic carbocycles. The summed E-state index contributed by atoms with van der Waals surface area (Å²) in [5.74, 6) is 7.16. The fourth-order valence-electron chi connectivity index (χ4n) is 8.84. The minimum Gasteiger partial charge on any atom is -0.459 e. The molecule has 5 aliphatic rings. The Morgan fingerprint density at radius 2 is 1.84 bits per heavy atom. The average Bonchev–Trinajstić information content (AvgIpc) is 3.37. The van der Waals surface area contributed by atoms with Crippen LogP contribution in [0.4, 0.5) is 17.5 Å². The molecule has 0 bridgehead atoms. The molecule has 0 radical (unpaired) electrons. The summed E-state index contributed by atoms with van der Waals surface area (Å²) in [6.07, 6.45) is 11.9. The number of ketones is 1. The van der Waals surface area contributed by atoms with Gasteiger partial charge in [0.2, 0.25) is 5.95 Å². The van der Waals surface area contributed by atoms with Crippen molar-refractivity contribution in [3.05, 3.63) is 46.0 Å². The van der Waals surface area contributed by atoms with Crippen molar-refractivity contribution in [1.82, 2.24) is 24.4 Å². The number of carbonyl (C=O) groups is 2. The molecule has 1 saturated carbocycles. The number of epoxide rings is 1. The molecule has 3 aromatic rings. The van der Waals surface area contributed by atoms with Crippen molar-refractivity contribution in [2.24, 2.45) is 11.8 Å². The van der Waals surface area contributed by atoms with Crippen molar-refractivity contribution in [3.8, 4) is 11.8 Å². The quantitative estimate of drug-likeness (QED) is 0.156. The number of aryl methyl sites for hydroxylation is 1. The van der Waals surface area contributed by atoms with Gasteiger partial charge in [0.1, 0.15) is 23.7 Å². The zero-order valence-electron chi connectivity index (χ0n) is 29.8. The molecule has 3 aromatic heterocycles. The van der Waals surface area contributed by atoms with Crippen LogP contribution < -0.4 is 15.8 Å². The lowest BCUT2D eigenvalue weighted by molar-refractivity contribution is -0.145. The summed E-state index contributed by atoms with van der Waals surface area (Å²) >= 11 is 0. The molecule has 5 atom stereocenters. The van der Waals surface area contributed by atoms with Gasteiger partial charge in [-0.15, -0.1) is 11.8 Å². The fourth-order valence-corrected chi connectivity index (χ4v) is 8.84. The predicted molar refractivity (Wildman–Crippen MR) is 193 cm³/mol. The number of pyridine rings is 2. The molecule has 1 N–H and O–H groups in total. The smallest absolute Gasteiger partial charge is 0.311 e. The highest BCUT2D eigenvalue weighted by Gasteiger charge is 2.62. The van der Waals surface area contributed by atoms with Crippen LogP contribution in [-0.4, -0.2) is 86.7 Å². The largest absolute Gasteiger partial charge is 0.459 e. The van der Waals surface area contributed by atoms with Gasteiger partial charge in [0.05, 0.1) is 29.0 Å². The summed E-state index contributed by atoms with van der Waals surface area (Å²) in [4.78, 5) is 57.9. The second-order valence-electron chi connectivity index (χ2n) is 15.2. The van der Waals surface area contributed by atoms with Crippen LogP contribution in [-0.2, 0) is 14.3 Å². The topological polar surface area (TPSA) is 135 Å².